The second-order valence-corrected chi connectivity index (χ2v) is 8.15. The number of nitrogens with zero attached hydrogens (tertiary/aromatic N) is 3. The largest absolute Gasteiger partial charge is 0.368 e. The average molecular weight is 349 g/mol. The van der Waals surface area contributed by atoms with Gasteiger partial charge in [0.2, 0.25) is 5.91 Å². The van der Waals surface area contributed by atoms with Gasteiger partial charge in [-0.1, -0.05) is 0 Å². The summed E-state index contributed by atoms with van der Waals surface area (Å²) in [5, 5.41) is 0. The minimum Gasteiger partial charge on any atom is -0.368 e. The summed E-state index contributed by atoms with van der Waals surface area (Å²) in [6.45, 7) is 6.48. The molecule has 0 aliphatic carbocycles. The molecule has 0 N–H and O–H groups in total. The second-order valence-electron chi connectivity index (χ2n) is 8.15. The molecule has 4 saturated heterocycles. The zero-order valence-electron chi connectivity index (χ0n) is 15.3. The quantitative estimate of drug-likeness (QED) is 0.766. The van der Waals surface area contributed by atoms with E-state index in [1.165, 1.54) is 25.9 Å². The smallest absolute Gasteiger partial charge is 0.251 e. The minimum atomic E-state index is -0.217. The van der Waals surface area contributed by atoms with Crippen molar-refractivity contribution in [1.82, 2.24) is 14.7 Å². The summed E-state index contributed by atoms with van der Waals surface area (Å²) in [6.07, 6.45) is 7.72. The average Bonchev–Trinajstić information content (AvgIpc) is 3.37. The highest BCUT2D eigenvalue weighted by Crippen LogP contribution is 2.39. The lowest BCUT2D eigenvalue weighted by Crippen LogP contribution is -2.56. The zero-order chi connectivity index (χ0) is 17.3. The van der Waals surface area contributed by atoms with E-state index in [-0.39, 0.29) is 17.6 Å². The van der Waals surface area contributed by atoms with Crippen molar-refractivity contribution in [1.29, 1.82) is 0 Å². The minimum absolute atomic E-state index is 0.00409. The van der Waals surface area contributed by atoms with Crippen LogP contribution < -0.4 is 0 Å². The number of amides is 2. The Hall–Kier alpha value is -1.14. The van der Waals surface area contributed by atoms with Crippen LogP contribution in [0.3, 0.4) is 0 Å². The molecule has 4 rings (SSSR count). The summed E-state index contributed by atoms with van der Waals surface area (Å²) in [4.78, 5) is 31.7. The number of likely N-dealkylation sites (tertiary alicyclic amines) is 3. The molecule has 0 aromatic rings. The maximum absolute atomic E-state index is 12.6. The van der Waals surface area contributed by atoms with Crippen LogP contribution in [0.5, 0.6) is 0 Å². The first kappa shape index (κ1) is 17.3. The monoisotopic (exact) mass is 349 g/mol. The number of rotatable bonds is 4. The number of ether oxygens (including phenoxy) is 1. The Morgan fingerprint density at radius 1 is 1.04 bits per heavy atom. The van der Waals surface area contributed by atoms with Gasteiger partial charge in [0.1, 0.15) is 6.10 Å². The van der Waals surface area contributed by atoms with E-state index in [1.54, 1.807) is 0 Å². The molecule has 0 bridgehead atoms. The van der Waals surface area contributed by atoms with Gasteiger partial charge in [-0.25, -0.2) is 0 Å². The number of hydrogen-bond donors (Lipinski definition) is 0. The van der Waals surface area contributed by atoms with Crippen LogP contribution in [0.4, 0.5) is 0 Å². The van der Waals surface area contributed by atoms with Crippen LogP contribution in [0.2, 0.25) is 0 Å². The number of piperidine rings is 1. The molecule has 0 aromatic heterocycles. The predicted octanol–water partition coefficient (Wildman–Crippen LogP) is 1.24. The van der Waals surface area contributed by atoms with Gasteiger partial charge in [0.15, 0.2) is 0 Å². The normalized spacial score (nSPS) is 29.9. The van der Waals surface area contributed by atoms with Gasteiger partial charge in [0.25, 0.3) is 5.91 Å². The van der Waals surface area contributed by atoms with Crippen LogP contribution in [0.15, 0.2) is 0 Å². The maximum Gasteiger partial charge on any atom is 0.251 e. The lowest BCUT2D eigenvalue weighted by molar-refractivity contribution is -0.144. The molecule has 140 valence electrons. The van der Waals surface area contributed by atoms with Crippen LogP contribution >= 0.6 is 0 Å². The molecule has 6 nitrogen and oxygen atoms in total. The zero-order valence-corrected chi connectivity index (χ0v) is 15.3. The van der Waals surface area contributed by atoms with Gasteiger partial charge in [0, 0.05) is 44.7 Å². The van der Waals surface area contributed by atoms with Gasteiger partial charge in [-0.2, -0.15) is 0 Å². The molecule has 25 heavy (non-hydrogen) atoms. The lowest BCUT2D eigenvalue weighted by Gasteiger charge is -2.45. The predicted molar refractivity (Wildman–Crippen MR) is 94.1 cm³/mol. The molecular formula is C19H31N3O3. The van der Waals surface area contributed by atoms with Crippen LogP contribution in [-0.2, 0) is 14.3 Å². The third-order valence-corrected chi connectivity index (χ3v) is 6.73. The Bertz CT molecular complexity index is 504. The SMILES string of the molecule is O=C([C@@H]1CCCO1)N1CCC2(CCC(=O)N2CCN2CCCC2)CC1. The summed E-state index contributed by atoms with van der Waals surface area (Å²) in [6, 6.07) is 0. The second kappa shape index (κ2) is 7.23. The van der Waals surface area contributed by atoms with Gasteiger partial charge < -0.3 is 19.4 Å². The van der Waals surface area contributed by atoms with Crippen molar-refractivity contribution >= 4 is 11.8 Å². The lowest BCUT2D eigenvalue weighted by atomic mass is 9.84. The summed E-state index contributed by atoms with van der Waals surface area (Å²) in [5.74, 6) is 0.485. The fourth-order valence-corrected chi connectivity index (χ4v) is 5.12. The summed E-state index contributed by atoms with van der Waals surface area (Å²) >= 11 is 0. The highest BCUT2D eigenvalue weighted by molar-refractivity contribution is 5.82. The first-order valence-electron chi connectivity index (χ1n) is 10.1. The van der Waals surface area contributed by atoms with Gasteiger partial charge >= 0.3 is 0 Å². The van der Waals surface area contributed by atoms with E-state index in [0.717, 1.165) is 58.3 Å². The molecule has 1 spiro atoms. The summed E-state index contributed by atoms with van der Waals surface area (Å²) in [5.41, 5.74) is 0.00409. The molecule has 4 aliphatic heterocycles. The van der Waals surface area contributed by atoms with E-state index < -0.39 is 0 Å². The van der Waals surface area contributed by atoms with E-state index in [4.69, 9.17) is 4.74 Å². The molecule has 0 radical (unpaired) electrons. The molecule has 4 heterocycles. The van der Waals surface area contributed by atoms with Crippen molar-refractivity contribution in [2.75, 3.05) is 45.9 Å². The maximum atomic E-state index is 12.6. The van der Waals surface area contributed by atoms with Gasteiger partial charge in [-0.3, -0.25) is 9.59 Å². The van der Waals surface area contributed by atoms with Crippen LogP contribution in [0.25, 0.3) is 0 Å². The van der Waals surface area contributed by atoms with E-state index in [2.05, 4.69) is 9.80 Å². The Balaban J connectivity index is 1.34. The van der Waals surface area contributed by atoms with Gasteiger partial charge in [-0.15, -0.1) is 0 Å². The first-order chi connectivity index (χ1) is 12.2. The van der Waals surface area contributed by atoms with Gasteiger partial charge in [-0.05, 0) is 58.0 Å². The van der Waals surface area contributed by atoms with Crippen molar-refractivity contribution in [2.45, 2.75) is 63.0 Å². The van der Waals surface area contributed by atoms with Crippen molar-refractivity contribution < 1.29 is 14.3 Å². The van der Waals surface area contributed by atoms with Gasteiger partial charge in [0.05, 0.1) is 0 Å². The standard InChI is InChI=1S/C19H31N3O3/c23-17-5-6-19(22(17)14-13-20-9-1-2-10-20)7-11-21(12-8-19)18(24)16-4-3-15-25-16/h16H,1-15H2/t16-/m0/s1. The highest BCUT2D eigenvalue weighted by atomic mass is 16.5. The fourth-order valence-electron chi connectivity index (χ4n) is 5.12. The third kappa shape index (κ3) is 3.43. The van der Waals surface area contributed by atoms with Crippen molar-refractivity contribution in [2.24, 2.45) is 0 Å². The molecular weight excluding hydrogens is 318 g/mol. The third-order valence-electron chi connectivity index (χ3n) is 6.73. The van der Waals surface area contributed by atoms with Crippen molar-refractivity contribution in [3.05, 3.63) is 0 Å². The van der Waals surface area contributed by atoms with E-state index in [9.17, 15) is 9.59 Å². The Morgan fingerprint density at radius 2 is 1.80 bits per heavy atom. The first-order valence-corrected chi connectivity index (χ1v) is 10.1. The fraction of sp³-hybridized carbons (Fsp3) is 0.895. The Labute approximate surface area is 150 Å². The highest BCUT2D eigenvalue weighted by Gasteiger charge is 2.47. The number of carbonyl (C=O) groups excluding carboxylic acids is 2. The molecule has 0 aromatic carbocycles. The Kier molecular flexibility index (Phi) is 5.00. The molecule has 6 heteroatoms. The molecule has 2 amide bonds. The van der Waals surface area contributed by atoms with Crippen LogP contribution in [-0.4, -0.2) is 84.0 Å². The van der Waals surface area contributed by atoms with E-state index >= 15 is 0 Å². The summed E-state index contributed by atoms with van der Waals surface area (Å²) in [7, 11) is 0. The van der Waals surface area contributed by atoms with Crippen molar-refractivity contribution in [3.8, 4) is 0 Å². The molecule has 1 atom stereocenters. The van der Waals surface area contributed by atoms with Crippen LogP contribution in [0, 0.1) is 0 Å². The Morgan fingerprint density at radius 3 is 2.48 bits per heavy atom. The molecule has 0 unspecified atom stereocenters. The topological polar surface area (TPSA) is 53.1 Å². The molecule has 0 saturated carbocycles. The number of hydrogen-bond acceptors (Lipinski definition) is 4. The van der Waals surface area contributed by atoms with Crippen LogP contribution in [0.1, 0.15) is 51.4 Å². The molecule has 4 fully saturated rings. The molecule has 4 aliphatic rings. The summed E-state index contributed by atoms with van der Waals surface area (Å²) < 4.78 is 5.56. The number of carbonyl (C=O) groups is 2. The van der Waals surface area contributed by atoms with E-state index in [1.807, 2.05) is 4.90 Å². The van der Waals surface area contributed by atoms with E-state index in [0.29, 0.717) is 18.9 Å². The van der Waals surface area contributed by atoms with Crippen molar-refractivity contribution in [3.63, 3.8) is 0 Å².